The normalized spacial score (nSPS) is 10.3. The number of ether oxygens (including phenoxy) is 1. The quantitative estimate of drug-likeness (QED) is 0.885. The van der Waals surface area contributed by atoms with Crippen LogP contribution in [0.15, 0.2) is 24.3 Å². The van der Waals surface area contributed by atoms with Crippen molar-refractivity contribution in [3.8, 4) is 5.75 Å². The first-order valence-electron chi connectivity index (χ1n) is 6.16. The van der Waals surface area contributed by atoms with E-state index >= 15 is 0 Å². The molecule has 0 saturated heterocycles. The number of nitrogen functional groups attached to an aromatic ring is 1. The topological polar surface area (TPSA) is 60.2 Å². The zero-order valence-electron chi connectivity index (χ0n) is 11.7. The van der Waals surface area contributed by atoms with E-state index in [-0.39, 0.29) is 0 Å². The summed E-state index contributed by atoms with van der Waals surface area (Å²) in [5.41, 5.74) is 10.6. The average Bonchev–Trinajstić information content (AvgIpc) is 2.38. The molecule has 100 valence electrons. The van der Waals surface area contributed by atoms with Crippen molar-refractivity contribution >= 4 is 17.2 Å². The third-order valence-corrected chi connectivity index (χ3v) is 3.21. The van der Waals surface area contributed by atoms with E-state index in [4.69, 9.17) is 10.5 Å². The summed E-state index contributed by atoms with van der Waals surface area (Å²) in [6.45, 7) is 6.02. The zero-order chi connectivity index (χ0) is 14.0. The predicted octanol–water partition coefficient (Wildman–Crippen LogP) is 3.34. The largest absolute Gasteiger partial charge is 0.495 e. The third-order valence-electron chi connectivity index (χ3n) is 3.21. The summed E-state index contributed by atoms with van der Waals surface area (Å²) in [5.74, 6) is 1.56. The standard InChI is InChI=1S/C15H19N3O/c1-9-7-13(14(19-4)8-10(9)2)18-15-6-5-12(16)11(3)17-15/h5-8H,16H2,1-4H3,(H,17,18). The fourth-order valence-electron chi connectivity index (χ4n) is 1.84. The van der Waals surface area contributed by atoms with Gasteiger partial charge in [-0.25, -0.2) is 4.98 Å². The van der Waals surface area contributed by atoms with E-state index < -0.39 is 0 Å². The Morgan fingerprint density at radius 2 is 1.79 bits per heavy atom. The van der Waals surface area contributed by atoms with Gasteiger partial charge in [-0.1, -0.05) is 0 Å². The maximum atomic E-state index is 5.77. The van der Waals surface area contributed by atoms with Crippen LogP contribution >= 0.6 is 0 Å². The highest BCUT2D eigenvalue weighted by Gasteiger charge is 2.07. The SMILES string of the molecule is COc1cc(C)c(C)cc1Nc1ccc(N)c(C)n1. The van der Waals surface area contributed by atoms with Crippen LogP contribution in [0.3, 0.4) is 0 Å². The van der Waals surface area contributed by atoms with Gasteiger partial charge in [0.1, 0.15) is 11.6 Å². The van der Waals surface area contributed by atoms with Crippen molar-refractivity contribution in [2.24, 2.45) is 0 Å². The van der Waals surface area contributed by atoms with Crippen molar-refractivity contribution in [1.82, 2.24) is 4.98 Å². The van der Waals surface area contributed by atoms with Crippen molar-refractivity contribution in [3.63, 3.8) is 0 Å². The number of nitrogens with two attached hydrogens (primary N) is 1. The molecule has 0 aliphatic rings. The summed E-state index contributed by atoms with van der Waals surface area (Å²) in [6, 6.07) is 7.78. The van der Waals surface area contributed by atoms with Crippen LogP contribution in [0.2, 0.25) is 0 Å². The fraction of sp³-hybridized carbons (Fsp3) is 0.267. The molecule has 0 bridgehead atoms. The number of methoxy groups -OCH3 is 1. The summed E-state index contributed by atoms with van der Waals surface area (Å²) in [6.07, 6.45) is 0. The first kappa shape index (κ1) is 13.2. The maximum Gasteiger partial charge on any atom is 0.142 e. The van der Waals surface area contributed by atoms with Gasteiger partial charge in [-0.15, -0.1) is 0 Å². The number of rotatable bonds is 3. The van der Waals surface area contributed by atoms with Crippen LogP contribution in [0.25, 0.3) is 0 Å². The molecular formula is C15H19N3O. The van der Waals surface area contributed by atoms with Crippen LogP contribution in [0, 0.1) is 20.8 Å². The monoisotopic (exact) mass is 257 g/mol. The Morgan fingerprint density at radius 1 is 1.11 bits per heavy atom. The van der Waals surface area contributed by atoms with Crippen LogP contribution in [-0.4, -0.2) is 12.1 Å². The minimum atomic E-state index is 0.692. The third kappa shape index (κ3) is 2.78. The summed E-state index contributed by atoms with van der Waals surface area (Å²) < 4.78 is 5.39. The predicted molar refractivity (Wildman–Crippen MR) is 79.1 cm³/mol. The van der Waals surface area contributed by atoms with Crippen LogP contribution in [0.5, 0.6) is 5.75 Å². The van der Waals surface area contributed by atoms with Gasteiger partial charge in [0, 0.05) is 0 Å². The van der Waals surface area contributed by atoms with Gasteiger partial charge in [0.25, 0.3) is 0 Å². The van der Waals surface area contributed by atoms with Crippen LogP contribution < -0.4 is 15.8 Å². The van der Waals surface area contributed by atoms with E-state index in [1.165, 1.54) is 11.1 Å². The molecule has 0 amide bonds. The average molecular weight is 257 g/mol. The number of hydrogen-bond acceptors (Lipinski definition) is 4. The minimum absolute atomic E-state index is 0.692. The number of nitrogens with zero attached hydrogens (tertiary/aromatic N) is 1. The molecule has 0 unspecified atom stereocenters. The lowest BCUT2D eigenvalue weighted by Gasteiger charge is -2.14. The van der Waals surface area contributed by atoms with Crippen LogP contribution in [0.1, 0.15) is 16.8 Å². The molecule has 0 radical (unpaired) electrons. The molecule has 0 aliphatic carbocycles. The lowest BCUT2D eigenvalue weighted by molar-refractivity contribution is 0.416. The number of anilines is 3. The molecule has 1 heterocycles. The van der Waals surface area contributed by atoms with Gasteiger partial charge in [-0.05, 0) is 56.2 Å². The van der Waals surface area contributed by atoms with Gasteiger partial charge in [0.15, 0.2) is 0 Å². The Balaban J connectivity index is 2.37. The first-order chi connectivity index (χ1) is 9.01. The van der Waals surface area contributed by atoms with E-state index in [1.807, 2.05) is 25.1 Å². The molecule has 4 nitrogen and oxygen atoms in total. The van der Waals surface area contributed by atoms with Crippen molar-refractivity contribution in [1.29, 1.82) is 0 Å². The van der Waals surface area contributed by atoms with Gasteiger partial charge >= 0.3 is 0 Å². The number of nitrogens with one attached hydrogen (secondary N) is 1. The van der Waals surface area contributed by atoms with Gasteiger partial charge in [0.2, 0.25) is 0 Å². The Morgan fingerprint density at radius 3 is 2.42 bits per heavy atom. The van der Waals surface area contributed by atoms with Crippen LogP contribution in [-0.2, 0) is 0 Å². The summed E-state index contributed by atoms with van der Waals surface area (Å²) >= 11 is 0. The Kier molecular flexibility index (Phi) is 3.60. The molecule has 1 aromatic carbocycles. The lowest BCUT2D eigenvalue weighted by Crippen LogP contribution is -2.00. The van der Waals surface area contributed by atoms with Crippen molar-refractivity contribution in [3.05, 3.63) is 41.1 Å². The summed E-state index contributed by atoms with van der Waals surface area (Å²) in [7, 11) is 1.66. The zero-order valence-corrected chi connectivity index (χ0v) is 11.7. The molecule has 1 aromatic heterocycles. The maximum absolute atomic E-state index is 5.77. The van der Waals surface area contributed by atoms with Gasteiger partial charge in [-0.2, -0.15) is 0 Å². The number of aryl methyl sites for hydroxylation is 3. The van der Waals surface area contributed by atoms with Crippen molar-refractivity contribution < 1.29 is 4.74 Å². The van der Waals surface area contributed by atoms with Crippen LogP contribution in [0.4, 0.5) is 17.2 Å². The molecule has 0 saturated carbocycles. The fourth-order valence-corrected chi connectivity index (χ4v) is 1.84. The molecule has 2 aromatic rings. The Bertz CT molecular complexity index is 609. The lowest BCUT2D eigenvalue weighted by atomic mass is 10.1. The Hall–Kier alpha value is -2.23. The molecular weight excluding hydrogens is 238 g/mol. The van der Waals surface area contributed by atoms with Crippen molar-refractivity contribution in [2.75, 3.05) is 18.2 Å². The molecule has 4 heteroatoms. The van der Waals surface area contributed by atoms with E-state index in [2.05, 4.69) is 30.2 Å². The number of benzene rings is 1. The van der Waals surface area contributed by atoms with E-state index in [1.54, 1.807) is 7.11 Å². The van der Waals surface area contributed by atoms with E-state index in [0.717, 1.165) is 22.9 Å². The van der Waals surface area contributed by atoms with E-state index in [9.17, 15) is 0 Å². The molecule has 2 rings (SSSR count). The van der Waals surface area contributed by atoms with Gasteiger partial charge in [-0.3, -0.25) is 0 Å². The smallest absolute Gasteiger partial charge is 0.142 e. The van der Waals surface area contributed by atoms with Crippen molar-refractivity contribution in [2.45, 2.75) is 20.8 Å². The molecule has 3 N–H and O–H groups in total. The molecule has 0 spiro atoms. The first-order valence-corrected chi connectivity index (χ1v) is 6.16. The number of aromatic nitrogens is 1. The highest BCUT2D eigenvalue weighted by atomic mass is 16.5. The number of hydrogen-bond donors (Lipinski definition) is 2. The highest BCUT2D eigenvalue weighted by Crippen LogP contribution is 2.30. The molecule has 0 aliphatic heterocycles. The second-order valence-electron chi connectivity index (χ2n) is 4.63. The second kappa shape index (κ2) is 5.18. The summed E-state index contributed by atoms with van der Waals surface area (Å²) in [4.78, 5) is 4.40. The van der Waals surface area contributed by atoms with Gasteiger partial charge < -0.3 is 15.8 Å². The summed E-state index contributed by atoms with van der Waals surface area (Å²) in [5, 5.41) is 3.27. The van der Waals surface area contributed by atoms with Gasteiger partial charge in [0.05, 0.1) is 24.2 Å². The van der Waals surface area contributed by atoms with E-state index in [0.29, 0.717) is 5.69 Å². The molecule has 0 fully saturated rings. The molecule has 19 heavy (non-hydrogen) atoms. The second-order valence-corrected chi connectivity index (χ2v) is 4.63. The molecule has 0 atom stereocenters. The number of pyridine rings is 1. The highest BCUT2D eigenvalue weighted by molar-refractivity contribution is 5.67. The Labute approximate surface area is 113 Å². The minimum Gasteiger partial charge on any atom is -0.495 e.